The van der Waals surface area contributed by atoms with Crippen LogP contribution in [0.1, 0.15) is 34.6 Å². The summed E-state index contributed by atoms with van der Waals surface area (Å²) >= 11 is 0. The van der Waals surface area contributed by atoms with Crippen LogP contribution in [0.25, 0.3) is 0 Å². The van der Waals surface area contributed by atoms with E-state index in [2.05, 4.69) is 43.2 Å². The van der Waals surface area contributed by atoms with Crippen molar-refractivity contribution in [3.63, 3.8) is 0 Å². The summed E-state index contributed by atoms with van der Waals surface area (Å²) in [5.74, 6) is 0.570. The fourth-order valence-corrected chi connectivity index (χ4v) is 1.45. The Morgan fingerprint density at radius 1 is 1.18 bits per heavy atom. The molecule has 102 valence electrons. The molecule has 4 heteroatoms. The van der Waals surface area contributed by atoms with Crippen LogP contribution in [0, 0.1) is 5.92 Å². The fraction of sp³-hybridized carbons (Fsp3) is 0.923. The third-order valence-corrected chi connectivity index (χ3v) is 3.17. The van der Waals surface area contributed by atoms with Crippen molar-refractivity contribution in [1.82, 2.24) is 15.5 Å². The summed E-state index contributed by atoms with van der Waals surface area (Å²) in [6, 6.07) is 0.243. The van der Waals surface area contributed by atoms with E-state index >= 15 is 0 Å². The van der Waals surface area contributed by atoms with Gasteiger partial charge < -0.3 is 15.5 Å². The summed E-state index contributed by atoms with van der Waals surface area (Å²) in [5.41, 5.74) is 0. The summed E-state index contributed by atoms with van der Waals surface area (Å²) in [6.07, 6.45) is 0. The smallest absolute Gasteiger partial charge is 0.234 e. The Labute approximate surface area is 106 Å². The zero-order valence-electron chi connectivity index (χ0n) is 12.0. The van der Waals surface area contributed by atoms with Crippen LogP contribution in [-0.4, -0.2) is 49.6 Å². The Hall–Kier alpha value is -0.610. The molecule has 1 unspecified atom stereocenters. The lowest BCUT2D eigenvalue weighted by Crippen LogP contribution is -2.42. The maximum atomic E-state index is 11.6. The number of carbonyl (C=O) groups is 1. The zero-order chi connectivity index (χ0) is 13.3. The highest BCUT2D eigenvalue weighted by Crippen LogP contribution is 1.98. The molecule has 0 heterocycles. The van der Waals surface area contributed by atoms with Crippen LogP contribution in [0.3, 0.4) is 0 Å². The van der Waals surface area contributed by atoms with Crippen molar-refractivity contribution < 1.29 is 4.79 Å². The molecule has 0 aliphatic carbocycles. The summed E-state index contributed by atoms with van der Waals surface area (Å²) < 4.78 is 0. The number of hydrogen-bond donors (Lipinski definition) is 2. The molecule has 0 aliphatic heterocycles. The monoisotopic (exact) mass is 243 g/mol. The molecule has 0 aromatic heterocycles. The Morgan fingerprint density at radius 2 is 1.76 bits per heavy atom. The van der Waals surface area contributed by atoms with E-state index in [-0.39, 0.29) is 11.9 Å². The molecule has 17 heavy (non-hydrogen) atoms. The van der Waals surface area contributed by atoms with Gasteiger partial charge in [-0.2, -0.15) is 0 Å². The second-order valence-electron chi connectivity index (χ2n) is 4.80. The number of rotatable bonds is 9. The van der Waals surface area contributed by atoms with Crippen LogP contribution < -0.4 is 10.6 Å². The maximum absolute atomic E-state index is 11.6. The number of nitrogens with one attached hydrogen (secondary N) is 2. The van der Waals surface area contributed by atoms with Crippen LogP contribution in [0.2, 0.25) is 0 Å². The molecule has 0 aromatic carbocycles. The molecule has 0 saturated heterocycles. The van der Waals surface area contributed by atoms with E-state index in [0.29, 0.717) is 12.5 Å². The molecule has 1 amide bonds. The highest BCUT2D eigenvalue weighted by Gasteiger charge is 2.09. The van der Waals surface area contributed by atoms with Gasteiger partial charge in [0.15, 0.2) is 0 Å². The van der Waals surface area contributed by atoms with Crippen LogP contribution in [0.15, 0.2) is 0 Å². The average molecular weight is 243 g/mol. The number of likely N-dealkylation sites (N-methyl/N-ethyl adjacent to an activating group) is 1. The minimum absolute atomic E-state index is 0.0887. The second-order valence-corrected chi connectivity index (χ2v) is 4.80. The van der Waals surface area contributed by atoms with Crippen LogP contribution in [-0.2, 0) is 4.79 Å². The van der Waals surface area contributed by atoms with Gasteiger partial charge >= 0.3 is 0 Å². The SMILES string of the molecule is CCN(CC)CCNCC(=O)NC(C)C(C)C. The first-order valence-electron chi connectivity index (χ1n) is 6.73. The summed E-state index contributed by atoms with van der Waals surface area (Å²) in [4.78, 5) is 13.9. The summed E-state index contributed by atoms with van der Waals surface area (Å²) in [5, 5.41) is 6.16. The molecule has 0 radical (unpaired) electrons. The van der Waals surface area contributed by atoms with Crippen LogP contribution >= 0.6 is 0 Å². The van der Waals surface area contributed by atoms with Gasteiger partial charge in [0.2, 0.25) is 5.91 Å². The van der Waals surface area contributed by atoms with Gasteiger partial charge in [-0.15, -0.1) is 0 Å². The van der Waals surface area contributed by atoms with E-state index < -0.39 is 0 Å². The van der Waals surface area contributed by atoms with E-state index in [9.17, 15) is 4.79 Å². The molecule has 0 bridgehead atoms. The minimum Gasteiger partial charge on any atom is -0.352 e. The largest absolute Gasteiger partial charge is 0.352 e. The minimum atomic E-state index is 0.0887. The Morgan fingerprint density at radius 3 is 2.24 bits per heavy atom. The van der Waals surface area contributed by atoms with Crippen LogP contribution in [0.4, 0.5) is 0 Å². The lowest BCUT2D eigenvalue weighted by molar-refractivity contribution is -0.121. The van der Waals surface area contributed by atoms with Gasteiger partial charge in [-0.05, 0) is 25.9 Å². The molecule has 0 spiro atoms. The standard InChI is InChI=1S/C13H29N3O/c1-6-16(7-2)9-8-14-10-13(17)15-12(5)11(3)4/h11-12,14H,6-10H2,1-5H3,(H,15,17). The number of nitrogens with zero attached hydrogens (tertiary/aromatic N) is 1. The van der Waals surface area contributed by atoms with E-state index in [4.69, 9.17) is 0 Å². The fourth-order valence-electron chi connectivity index (χ4n) is 1.45. The Kier molecular flexibility index (Phi) is 9.09. The van der Waals surface area contributed by atoms with Crippen molar-refractivity contribution in [3.05, 3.63) is 0 Å². The van der Waals surface area contributed by atoms with Crippen molar-refractivity contribution in [1.29, 1.82) is 0 Å². The molecule has 4 nitrogen and oxygen atoms in total. The quantitative estimate of drug-likeness (QED) is 0.596. The van der Waals surface area contributed by atoms with Gasteiger partial charge in [-0.3, -0.25) is 4.79 Å². The summed E-state index contributed by atoms with van der Waals surface area (Å²) in [7, 11) is 0. The van der Waals surface area contributed by atoms with Gasteiger partial charge in [0, 0.05) is 19.1 Å². The number of amides is 1. The van der Waals surface area contributed by atoms with Gasteiger partial charge in [-0.1, -0.05) is 27.7 Å². The van der Waals surface area contributed by atoms with Gasteiger partial charge in [0.1, 0.15) is 0 Å². The third kappa shape index (κ3) is 8.16. The first-order chi connectivity index (χ1) is 8.01. The molecule has 1 atom stereocenters. The second kappa shape index (κ2) is 9.42. The predicted molar refractivity (Wildman–Crippen MR) is 73.1 cm³/mol. The Bertz CT molecular complexity index is 203. The lowest BCUT2D eigenvalue weighted by atomic mass is 10.1. The van der Waals surface area contributed by atoms with E-state index in [0.717, 1.165) is 26.2 Å². The average Bonchev–Trinajstić information content (AvgIpc) is 2.29. The zero-order valence-corrected chi connectivity index (χ0v) is 12.0. The molecular weight excluding hydrogens is 214 g/mol. The van der Waals surface area contributed by atoms with Crippen molar-refractivity contribution in [2.75, 3.05) is 32.7 Å². The Balaban J connectivity index is 3.58. The van der Waals surface area contributed by atoms with Gasteiger partial charge in [-0.25, -0.2) is 0 Å². The molecule has 0 aliphatic rings. The molecular formula is C13H29N3O. The van der Waals surface area contributed by atoms with E-state index in [1.807, 2.05) is 6.92 Å². The van der Waals surface area contributed by atoms with Crippen molar-refractivity contribution in [2.45, 2.75) is 40.7 Å². The first-order valence-corrected chi connectivity index (χ1v) is 6.73. The molecule has 0 saturated carbocycles. The number of carbonyl (C=O) groups excluding carboxylic acids is 1. The van der Waals surface area contributed by atoms with E-state index in [1.54, 1.807) is 0 Å². The topological polar surface area (TPSA) is 44.4 Å². The lowest BCUT2D eigenvalue weighted by Gasteiger charge is -2.19. The molecule has 2 N–H and O–H groups in total. The van der Waals surface area contributed by atoms with Crippen molar-refractivity contribution in [3.8, 4) is 0 Å². The van der Waals surface area contributed by atoms with E-state index in [1.165, 1.54) is 0 Å². The summed E-state index contributed by atoms with van der Waals surface area (Å²) in [6.45, 7) is 15.0. The normalized spacial score (nSPS) is 13.1. The van der Waals surface area contributed by atoms with Crippen molar-refractivity contribution >= 4 is 5.91 Å². The highest BCUT2D eigenvalue weighted by molar-refractivity contribution is 5.78. The first kappa shape index (κ1) is 16.4. The third-order valence-electron chi connectivity index (χ3n) is 3.17. The number of hydrogen-bond acceptors (Lipinski definition) is 3. The molecule has 0 fully saturated rings. The van der Waals surface area contributed by atoms with Gasteiger partial charge in [0.25, 0.3) is 0 Å². The molecule has 0 rings (SSSR count). The maximum Gasteiger partial charge on any atom is 0.234 e. The van der Waals surface area contributed by atoms with Gasteiger partial charge in [0.05, 0.1) is 6.54 Å². The predicted octanol–water partition coefficient (Wildman–Crippen LogP) is 1.08. The van der Waals surface area contributed by atoms with Crippen LogP contribution in [0.5, 0.6) is 0 Å². The molecule has 0 aromatic rings. The highest BCUT2D eigenvalue weighted by atomic mass is 16.1. The van der Waals surface area contributed by atoms with Crippen molar-refractivity contribution in [2.24, 2.45) is 5.92 Å².